The molecule has 4 nitrogen and oxygen atoms in total. The lowest BCUT2D eigenvalue weighted by Gasteiger charge is -2.14. The Hall–Kier alpha value is -1.55. The Labute approximate surface area is 121 Å². The van der Waals surface area contributed by atoms with E-state index < -0.39 is 0 Å². The van der Waals surface area contributed by atoms with Gasteiger partial charge in [0.1, 0.15) is 0 Å². The van der Waals surface area contributed by atoms with Gasteiger partial charge in [-0.25, -0.2) is 0 Å². The Balaban J connectivity index is 1.57. The van der Waals surface area contributed by atoms with Crippen molar-refractivity contribution in [2.75, 3.05) is 31.9 Å². The fourth-order valence-electron chi connectivity index (χ4n) is 2.64. The number of nitrogen functional groups attached to an aromatic ring is 1. The van der Waals surface area contributed by atoms with Gasteiger partial charge in [0, 0.05) is 18.7 Å². The minimum absolute atomic E-state index is 0.120. The average Bonchev–Trinajstić information content (AvgIpc) is 2.96. The Bertz CT molecular complexity index is 427. The Morgan fingerprint density at radius 2 is 2.00 bits per heavy atom. The van der Waals surface area contributed by atoms with Crippen LogP contribution in [0.2, 0.25) is 0 Å². The third-order valence-electron chi connectivity index (χ3n) is 3.85. The van der Waals surface area contributed by atoms with Gasteiger partial charge in [0.25, 0.3) is 0 Å². The Morgan fingerprint density at radius 1 is 1.25 bits per heavy atom. The molecule has 0 aliphatic carbocycles. The minimum Gasteiger partial charge on any atom is -0.399 e. The van der Waals surface area contributed by atoms with Crippen molar-refractivity contribution >= 4 is 11.6 Å². The number of amides is 1. The Morgan fingerprint density at radius 3 is 2.75 bits per heavy atom. The minimum atomic E-state index is 0.120. The number of hydrogen-bond donors (Lipinski definition) is 2. The molecule has 0 atom stereocenters. The van der Waals surface area contributed by atoms with Gasteiger partial charge in [0.05, 0.1) is 0 Å². The van der Waals surface area contributed by atoms with Crippen LogP contribution in [0.1, 0.15) is 31.2 Å². The average molecular weight is 275 g/mol. The van der Waals surface area contributed by atoms with Gasteiger partial charge in [-0.15, -0.1) is 0 Å². The zero-order valence-corrected chi connectivity index (χ0v) is 12.1. The fraction of sp³-hybridized carbons (Fsp3) is 0.562. The summed E-state index contributed by atoms with van der Waals surface area (Å²) < 4.78 is 0. The molecule has 110 valence electrons. The molecule has 1 aliphatic rings. The van der Waals surface area contributed by atoms with Crippen molar-refractivity contribution in [3.05, 3.63) is 29.8 Å². The normalized spacial score (nSPS) is 15.4. The third kappa shape index (κ3) is 4.85. The van der Waals surface area contributed by atoms with E-state index in [1.54, 1.807) is 0 Å². The number of nitrogens with two attached hydrogens (primary N) is 1. The van der Waals surface area contributed by atoms with E-state index in [0.717, 1.165) is 30.8 Å². The molecule has 0 aromatic heterocycles. The quantitative estimate of drug-likeness (QED) is 0.589. The number of rotatable bonds is 7. The van der Waals surface area contributed by atoms with Crippen LogP contribution in [0.15, 0.2) is 24.3 Å². The molecule has 2 rings (SSSR count). The lowest BCUT2D eigenvalue weighted by atomic mass is 10.1. The van der Waals surface area contributed by atoms with Gasteiger partial charge in [-0.3, -0.25) is 4.79 Å². The first kappa shape index (κ1) is 14.9. The number of nitrogens with zero attached hydrogens (tertiary/aromatic N) is 1. The smallest absolute Gasteiger partial charge is 0.220 e. The molecule has 0 unspecified atom stereocenters. The number of nitrogens with one attached hydrogen (secondary N) is 1. The summed E-state index contributed by atoms with van der Waals surface area (Å²) in [6.07, 6.45) is 4.91. The number of para-hydroxylation sites is 1. The lowest BCUT2D eigenvalue weighted by molar-refractivity contribution is -0.121. The van der Waals surface area contributed by atoms with Crippen molar-refractivity contribution in [3.8, 4) is 0 Å². The molecule has 0 saturated carbocycles. The highest BCUT2D eigenvalue weighted by Gasteiger charge is 2.10. The van der Waals surface area contributed by atoms with E-state index in [-0.39, 0.29) is 5.91 Å². The molecule has 1 fully saturated rings. The summed E-state index contributed by atoms with van der Waals surface area (Å²) in [5, 5.41) is 2.99. The maximum absolute atomic E-state index is 11.8. The summed E-state index contributed by atoms with van der Waals surface area (Å²) >= 11 is 0. The second-order valence-corrected chi connectivity index (χ2v) is 5.45. The van der Waals surface area contributed by atoms with Crippen molar-refractivity contribution in [3.63, 3.8) is 0 Å². The van der Waals surface area contributed by atoms with Crippen molar-refractivity contribution in [1.82, 2.24) is 10.2 Å². The highest BCUT2D eigenvalue weighted by molar-refractivity contribution is 5.76. The van der Waals surface area contributed by atoms with Crippen LogP contribution in [-0.2, 0) is 11.2 Å². The molecule has 4 heteroatoms. The zero-order chi connectivity index (χ0) is 14.2. The molecule has 0 spiro atoms. The summed E-state index contributed by atoms with van der Waals surface area (Å²) in [7, 11) is 0. The van der Waals surface area contributed by atoms with Crippen LogP contribution in [0.4, 0.5) is 5.69 Å². The van der Waals surface area contributed by atoms with Gasteiger partial charge in [-0.05, 0) is 56.9 Å². The first-order chi connectivity index (χ1) is 9.75. The summed E-state index contributed by atoms with van der Waals surface area (Å²) in [6.45, 7) is 4.33. The molecular weight excluding hydrogens is 250 g/mol. The largest absolute Gasteiger partial charge is 0.399 e. The molecular formula is C16H25N3O. The number of aryl methyl sites for hydroxylation is 1. The molecule has 0 radical (unpaired) electrons. The predicted octanol–water partition coefficient (Wildman–Crippen LogP) is 1.80. The van der Waals surface area contributed by atoms with Crippen LogP contribution >= 0.6 is 0 Å². The Kier molecular flexibility index (Phi) is 5.87. The number of carbonyl (C=O) groups excluding carboxylic acids is 1. The highest BCUT2D eigenvalue weighted by atomic mass is 16.1. The van der Waals surface area contributed by atoms with E-state index in [2.05, 4.69) is 10.2 Å². The third-order valence-corrected chi connectivity index (χ3v) is 3.85. The first-order valence-electron chi connectivity index (χ1n) is 7.58. The first-order valence-corrected chi connectivity index (χ1v) is 7.58. The molecule has 1 aromatic carbocycles. The summed E-state index contributed by atoms with van der Waals surface area (Å²) in [5.41, 5.74) is 7.69. The molecule has 1 amide bonds. The molecule has 1 aliphatic heterocycles. The van der Waals surface area contributed by atoms with E-state index in [1.807, 2.05) is 24.3 Å². The van der Waals surface area contributed by atoms with E-state index in [1.165, 1.54) is 25.9 Å². The maximum Gasteiger partial charge on any atom is 0.220 e. The van der Waals surface area contributed by atoms with Crippen molar-refractivity contribution in [2.24, 2.45) is 0 Å². The molecule has 20 heavy (non-hydrogen) atoms. The summed E-state index contributed by atoms with van der Waals surface area (Å²) in [6, 6.07) is 7.73. The molecule has 1 aromatic rings. The van der Waals surface area contributed by atoms with Crippen LogP contribution in [0.3, 0.4) is 0 Å². The second kappa shape index (κ2) is 7.90. The van der Waals surface area contributed by atoms with Crippen LogP contribution in [0.25, 0.3) is 0 Å². The topological polar surface area (TPSA) is 58.4 Å². The summed E-state index contributed by atoms with van der Waals surface area (Å²) in [5.74, 6) is 0.120. The van der Waals surface area contributed by atoms with Crippen molar-refractivity contribution in [1.29, 1.82) is 0 Å². The number of likely N-dealkylation sites (tertiary alicyclic amines) is 1. The number of anilines is 1. The standard InChI is InChI=1S/C16H25N3O/c17-15-7-2-1-6-14(15)8-9-16(20)18-10-5-13-19-11-3-4-12-19/h1-2,6-7H,3-5,8-13,17H2,(H,18,20). The lowest BCUT2D eigenvalue weighted by Crippen LogP contribution is -2.28. The van der Waals surface area contributed by atoms with E-state index in [0.29, 0.717) is 12.8 Å². The molecule has 1 saturated heterocycles. The van der Waals surface area contributed by atoms with Gasteiger partial charge in [-0.1, -0.05) is 18.2 Å². The molecule has 3 N–H and O–H groups in total. The number of benzene rings is 1. The van der Waals surface area contributed by atoms with Crippen LogP contribution < -0.4 is 11.1 Å². The van der Waals surface area contributed by atoms with E-state index in [4.69, 9.17) is 5.73 Å². The fourth-order valence-corrected chi connectivity index (χ4v) is 2.64. The van der Waals surface area contributed by atoms with E-state index in [9.17, 15) is 4.79 Å². The monoisotopic (exact) mass is 275 g/mol. The van der Waals surface area contributed by atoms with E-state index >= 15 is 0 Å². The SMILES string of the molecule is Nc1ccccc1CCC(=O)NCCCN1CCCC1. The second-order valence-electron chi connectivity index (χ2n) is 5.45. The molecule has 0 bridgehead atoms. The number of hydrogen-bond acceptors (Lipinski definition) is 3. The molecule has 1 heterocycles. The van der Waals surface area contributed by atoms with Crippen molar-refractivity contribution in [2.45, 2.75) is 32.1 Å². The number of carbonyl (C=O) groups is 1. The zero-order valence-electron chi connectivity index (χ0n) is 12.1. The van der Waals surface area contributed by atoms with Crippen molar-refractivity contribution < 1.29 is 4.79 Å². The van der Waals surface area contributed by atoms with Crippen LogP contribution in [0, 0.1) is 0 Å². The highest BCUT2D eigenvalue weighted by Crippen LogP contribution is 2.12. The van der Waals surface area contributed by atoms with Gasteiger partial charge in [0.2, 0.25) is 5.91 Å². The van der Waals surface area contributed by atoms with Gasteiger partial charge >= 0.3 is 0 Å². The van der Waals surface area contributed by atoms with Gasteiger partial charge in [-0.2, -0.15) is 0 Å². The summed E-state index contributed by atoms with van der Waals surface area (Å²) in [4.78, 5) is 14.2. The predicted molar refractivity (Wildman–Crippen MR) is 82.5 cm³/mol. The van der Waals surface area contributed by atoms with Crippen LogP contribution in [0.5, 0.6) is 0 Å². The van der Waals surface area contributed by atoms with Crippen LogP contribution in [-0.4, -0.2) is 37.0 Å². The van der Waals surface area contributed by atoms with Gasteiger partial charge in [0.15, 0.2) is 0 Å². The maximum atomic E-state index is 11.8. The van der Waals surface area contributed by atoms with Gasteiger partial charge < -0.3 is 16.0 Å².